The van der Waals surface area contributed by atoms with E-state index in [0.29, 0.717) is 16.8 Å². The largest absolute Gasteiger partial charge is 0.488 e. The Morgan fingerprint density at radius 2 is 1.73 bits per heavy atom. The van der Waals surface area contributed by atoms with Crippen LogP contribution in [0.1, 0.15) is 22.8 Å². The first-order valence-corrected chi connectivity index (χ1v) is 9.16. The Hall–Kier alpha value is -4.01. The summed E-state index contributed by atoms with van der Waals surface area (Å²) in [5, 5.41) is 14.8. The second kappa shape index (κ2) is 8.99. The summed E-state index contributed by atoms with van der Waals surface area (Å²) in [4.78, 5) is 50.9. The number of amides is 1. The first kappa shape index (κ1) is 20.7. The highest BCUT2D eigenvalue weighted by Gasteiger charge is 2.27. The van der Waals surface area contributed by atoms with Gasteiger partial charge in [0, 0.05) is 30.1 Å². The van der Waals surface area contributed by atoms with Crippen LogP contribution in [0.15, 0.2) is 58.4 Å². The van der Waals surface area contributed by atoms with Crippen molar-refractivity contribution in [1.82, 2.24) is 4.98 Å². The van der Waals surface area contributed by atoms with E-state index in [0.717, 1.165) is 0 Å². The lowest BCUT2D eigenvalue weighted by atomic mass is 10.0. The maximum absolute atomic E-state index is 12.2. The van der Waals surface area contributed by atoms with E-state index in [-0.39, 0.29) is 30.4 Å². The molecule has 30 heavy (non-hydrogen) atoms. The highest BCUT2D eigenvalue weighted by molar-refractivity contribution is 6.04. The molecule has 9 nitrogen and oxygen atoms in total. The molecule has 0 aliphatic heterocycles. The molecule has 0 fully saturated rings. The number of hydrogen-bond acceptors (Lipinski definition) is 7. The molecule has 1 atom stereocenters. The van der Waals surface area contributed by atoms with Crippen molar-refractivity contribution in [3.8, 4) is 5.75 Å². The third kappa shape index (κ3) is 4.52. The zero-order valence-electron chi connectivity index (χ0n) is 16.0. The average Bonchev–Trinajstić information content (AvgIpc) is 2.76. The third-order valence-electron chi connectivity index (χ3n) is 4.37. The Morgan fingerprint density at radius 1 is 1.07 bits per heavy atom. The van der Waals surface area contributed by atoms with Gasteiger partial charge in [-0.15, -0.1) is 0 Å². The first-order valence-electron chi connectivity index (χ1n) is 9.16. The number of pyridine rings is 1. The zero-order chi connectivity index (χ0) is 21.7. The molecule has 3 aromatic rings. The molecule has 3 N–H and O–H groups in total. The number of carbonyl (C=O) groups excluding carboxylic acids is 1. The highest BCUT2D eigenvalue weighted by atomic mass is 16.5. The predicted molar refractivity (Wildman–Crippen MR) is 110 cm³/mol. The van der Waals surface area contributed by atoms with Gasteiger partial charge in [-0.05, 0) is 36.8 Å². The molecule has 0 aliphatic rings. The lowest BCUT2D eigenvalue weighted by molar-refractivity contribution is -0.137. The summed E-state index contributed by atoms with van der Waals surface area (Å²) in [5.41, 5.74) is -0.00980. The van der Waals surface area contributed by atoms with Crippen LogP contribution in [0.4, 0.5) is 11.4 Å². The number of anilines is 2. The van der Waals surface area contributed by atoms with Crippen molar-refractivity contribution in [3.05, 3.63) is 80.4 Å². The second-order valence-electron chi connectivity index (χ2n) is 6.42. The van der Waals surface area contributed by atoms with Crippen LogP contribution in [0.5, 0.6) is 5.75 Å². The quantitative estimate of drug-likeness (QED) is 0.452. The second-order valence-corrected chi connectivity index (χ2v) is 6.42. The molecule has 1 aromatic heterocycles. The van der Waals surface area contributed by atoms with E-state index in [1.54, 1.807) is 43.3 Å². The molecule has 1 amide bonds. The van der Waals surface area contributed by atoms with E-state index >= 15 is 0 Å². The molecule has 0 radical (unpaired) electrons. The van der Waals surface area contributed by atoms with E-state index < -0.39 is 22.9 Å². The van der Waals surface area contributed by atoms with Crippen molar-refractivity contribution < 1.29 is 19.4 Å². The monoisotopic (exact) mass is 409 g/mol. The van der Waals surface area contributed by atoms with Crippen LogP contribution in [-0.4, -0.2) is 34.6 Å². The Labute approximate surface area is 171 Å². The van der Waals surface area contributed by atoms with Crippen molar-refractivity contribution in [2.45, 2.75) is 19.4 Å². The lowest BCUT2D eigenvalue weighted by Gasteiger charge is -2.19. The van der Waals surface area contributed by atoms with E-state index in [9.17, 15) is 24.3 Å². The number of hydrogen-bond donors (Lipinski definition) is 3. The molecule has 0 saturated heterocycles. The Morgan fingerprint density at radius 3 is 2.33 bits per heavy atom. The normalized spacial score (nSPS) is 11.6. The van der Waals surface area contributed by atoms with Gasteiger partial charge in [-0.3, -0.25) is 19.4 Å². The Bertz CT molecular complexity index is 1120. The molecule has 0 unspecified atom stereocenters. The van der Waals surface area contributed by atoms with Crippen molar-refractivity contribution in [2.75, 3.05) is 17.2 Å². The molecule has 3 rings (SSSR count). The number of nitrogens with zero attached hydrogens (tertiary/aromatic N) is 1. The molecule has 154 valence electrons. The van der Waals surface area contributed by atoms with Crippen LogP contribution in [0, 0.1) is 0 Å². The minimum atomic E-state index is -1.18. The summed E-state index contributed by atoms with van der Waals surface area (Å²) < 4.78 is 5.10. The van der Waals surface area contributed by atoms with Gasteiger partial charge in [-0.1, -0.05) is 12.1 Å². The van der Waals surface area contributed by atoms with Crippen LogP contribution in [0.3, 0.4) is 0 Å². The number of nitrogens with one attached hydrogen (secondary N) is 2. The third-order valence-corrected chi connectivity index (χ3v) is 4.37. The van der Waals surface area contributed by atoms with Crippen molar-refractivity contribution >= 4 is 23.3 Å². The van der Waals surface area contributed by atoms with Crippen LogP contribution < -0.4 is 26.2 Å². The van der Waals surface area contributed by atoms with Crippen molar-refractivity contribution in [2.24, 2.45) is 0 Å². The van der Waals surface area contributed by atoms with E-state index in [2.05, 4.69) is 15.6 Å². The van der Waals surface area contributed by atoms with Crippen LogP contribution in [0.25, 0.3) is 0 Å². The van der Waals surface area contributed by atoms with Gasteiger partial charge in [0.1, 0.15) is 11.7 Å². The lowest BCUT2D eigenvalue weighted by Crippen LogP contribution is -2.41. The van der Waals surface area contributed by atoms with Gasteiger partial charge in [0.15, 0.2) is 5.75 Å². The number of ether oxygens (including phenoxy) is 1. The van der Waals surface area contributed by atoms with E-state index in [4.69, 9.17) is 4.74 Å². The topological polar surface area (TPSA) is 135 Å². The van der Waals surface area contributed by atoms with Crippen LogP contribution in [0.2, 0.25) is 0 Å². The molecule has 0 aliphatic carbocycles. The first-order chi connectivity index (χ1) is 14.4. The van der Waals surface area contributed by atoms with Crippen LogP contribution >= 0.6 is 0 Å². The van der Waals surface area contributed by atoms with Gasteiger partial charge in [-0.2, -0.15) is 0 Å². The fraction of sp³-hybridized carbons (Fsp3) is 0.190. The number of aliphatic carboxylic acids is 1. The van der Waals surface area contributed by atoms with Gasteiger partial charge in [0.05, 0.1) is 6.61 Å². The standard InChI is InChI=1S/C21H19N3O6/c1-2-30-19-16(17(25)18(19)26)24-15(21(28)29)11-12-3-5-14(6-4-12)23-20(27)13-7-9-22-10-8-13/h3-10,15,24H,2,11H2,1H3,(H,23,27)(H,28,29)/t15-/m0/s1. The van der Waals surface area contributed by atoms with E-state index in [1.807, 2.05) is 0 Å². The summed E-state index contributed by atoms with van der Waals surface area (Å²) in [7, 11) is 0. The molecule has 1 heterocycles. The fourth-order valence-electron chi connectivity index (χ4n) is 2.82. The number of carboxylic acids is 1. The molecular weight excluding hydrogens is 390 g/mol. The molecule has 0 bridgehead atoms. The van der Waals surface area contributed by atoms with Crippen molar-refractivity contribution in [3.63, 3.8) is 0 Å². The van der Waals surface area contributed by atoms with Gasteiger partial charge in [0.2, 0.25) is 0 Å². The maximum Gasteiger partial charge on any atom is 0.326 e. The summed E-state index contributed by atoms with van der Waals surface area (Å²) in [6.45, 7) is 1.84. The minimum Gasteiger partial charge on any atom is -0.488 e. The van der Waals surface area contributed by atoms with Crippen LogP contribution in [-0.2, 0) is 11.2 Å². The number of benzene rings is 1. The minimum absolute atomic E-state index is 0.0539. The summed E-state index contributed by atoms with van der Waals surface area (Å²) >= 11 is 0. The summed E-state index contributed by atoms with van der Waals surface area (Å²) in [6, 6.07) is 8.68. The Balaban J connectivity index is 1.67. The fourth-order valence-corrected chi connectivity index (χ4v) is 2.82. The molecule has 0 saturated carbocycles. The molecular formula is C21H19N3O6. The number of carbonyl (C=O) groups is 2. The van der Waals surface area contributed by atoms with Crippen molar-refractivity contribution in [1.29, 1.82) is 0 Å². The number of carboxylic acid groups (broad SMARTS) is 1. The van der Waals surface area contributed by atoms with E-state index in [1.165, 1.54) is 12.4 Å². The zero-order valence-corrected chi connectivity index (χ0v) is 16.0. The molecule has 9 heteroatoms. The number of aromatic nitrogens is 1. The predicted octanol–water partition coefficient (Wildman–Crippen LogP) is 1.44. The average molecular weight is 409 g/mol. The number of rotatable bonds is 9. The van der Waals surface area contributed by atoms with Gasteiger partial charge in [-0.25, -0.2) is 4.79 Å². The van der Waals surface area contributed by atoms with Gasteiger partial charge >= 0.3 is 5.97 Å². The molecule has 0 spiro atoms. The molecule has 2 aromatic carbocycles. The Kier molecular flexibility index (Phi) is 6.21. The smallest absolute Gasteiger partial charge is 0.326 e. The summed E-state index contributed by atoms with van der Waals surface area (Å²) in [6.07, 6.45) is 3.09. The van der Waals surface area contributed by atoms with Gasteiger partial charge in [0.25, 0.3) is 16.8 Å². The maximum atomic E-state index is 12.2. The SMILES string of the molecule is CCOc1c(N[C@@H](Cc2ccc(NC(=O)c3ccncc3)cc2)C(=O)O)c(=O)c1=O. The highest BCUT2D eigenvalue weighted by Crippen LogP contribution is 2.20. The van der Waals surface area contributed by atoms with Gasteiger partial charge < -0.3 is 20.5 Å². The summed E-state index contributed by atoms with van der Waals surface area (Å²) in [5.74, 6) is -1.61.